The zero-order valence-corrected chi connectivity index (χ0v) is 11.9. The second kappa shape index (κ2) is 6.38. The second-order valence-corrected chi connectivity index (χ2v) is 4.90. The van der Waals surface area contributed by atoms with Gasteiger partial charge in [0.2, 0.25) is 0 Å². The highest BCUT2D eigenvalue weighted by Crippen LogP contribution is 2.27. The Morgan fingerprint density at radius 3 is 2.67 bits per heavy atom. The number of ether oxygens (including phenoxy) is 1. The summed E-state index contributed by atoms with van der Waals surface area (Å²) in [4.78, 5) is 0. The van der Waals surface area contributed by atoms with Crippen molar-refractivity contribution in [1.29, 1.82) is 5.26 Å². The number of nitriles is 1. The first kappa shape index (κ1) is 15.0. The average molecular weight is 285 g/mol. The van der Waals surface area contributed by atoms with Crippen LogP contribution < -0.4 is 4.74 Å². The van der Waals surface area contributed by atoms with Gasteiger partial charge in [-0.05, 0) is 55.3 Å². The fraction of sp³-hybridized carbons (Fsp3) is 0.235. The highest BCUT2D eigenvalue weighted by molar-refractivity contribution is 5.39. The van der Waals surface area contributed by atoms with Crippen LogP contribution in [0.5, 0.6) is 5.75 Å². The van der Waals surface area contributed by atoms with E-state index in [9.17, 15) is 9.50 Å². The summed E-state index contributed by atoms with van der Waals surface area (Å²) in [7, 11) is 0. The first-order valence-corrected chi connectivity index (χ1v) is 6.61. The number of aliphatic hydroxyl groups is 1. The van der Waals surface area contributed by atoms with Crippen LogP contribution in [0.1, 0.15) is 35.3 Å². The summed E-state index contributed by atoms with van der Waals surface area (Å²) in [5.41, 5.74) is 2.91. The summed E-state index contributed by atoms with van der Waals surface area (Å²) < 4.78 is 18.9. The molecule has 1 unspecified atom stereocenters. The van der Waals surface area contributed by atoms with E-state index in [2.05, 4.69) is 6.07 Å². The van der Waals surface area contributed by atoms with Gasteiger partial charge in [0.1, 0.15) is 18.2 Å². The highest BCUT2D eigenvalue weighted by atomic mass is 19.1. The maximum atomic E-state index is 13.2. The van der Waals surface area contributed by atoms with Crippen LogP contribution in [-0.2, 0) is 6.61 Å². The van der Waals surface area contributed by atoms with E-state index in [1.54, 1.807) is 19.1 Å². The van der Waals surface area contributed by atoms with Crippen molar-refractivity contribution in [3.63, 3.8) is 0 Å². The van der Waals surface area contributed by atoms with Crippen LogP contribution in [0.25, 0.3) is 0 Å². The Balaban J connectivity index is 2.19. The predicted molar refractivity (Wildman–Crippen MR) is 77.3 cm³/mol. The van der Waals surface area contributed by atoms with Gasteiger partial charge in [-0.2, -0.15) is 5.26 Å². The molecule has 4 heteroatoms. The lowest BCUT2D eigenvalue weighted by Crippen LogP contribution is -2.03. The molecule has 0 aromatic heterocycles. The molecule has 2 aromatic carbocycles. The van der Waals surface area contributed by atoms with Gasteiger partial charge < -0.3 is 9.84 Å². The largest absolute Gasteiger partial charge is 0.489 e. The summed E-state index contributed by atoms with van der Waals surface area (Å²) in [6.07, 6.45) is -0.808. The predicted octanol–water partition coefficient (Wildman–Crippen LogP) is 3.64. The number of hydrogen-bond donors (Lipinski definition) is 1. The molecule has 0 amide bonds. The van der Waals surface area contributed by atoms with Gasteiger partial charge in [0, 0.05) is 5.56 Å². The van der Waals surface area contributed by atoms with E-state index in [1.165, 1.54) is 18.2 Å². The number of aryl methyl sites for hydroxylation is 1. The zero-order valence-electron chi connectivity index (χ0n) is 11.9. The van der Waals surface area contributed by atoms with E-state index in [0.717, 1.165) is 11.1 Å². The fourth-order valence-corrected chi connectivity index (χ4v) is 2.06. The Morgan fingerprint density at radius 1 is 1.29 bits per heavy atom. The third kappa shape index (κ3) is 3.59. The second-order valence-electron chi connectivity index (χ2n) is 4.90. The topological polar surface area (TPSA) is 53.2 Å². The van der Waals surface area contributed by atoms with Crippen molar-refractivity contribution >= 4 is 0 Å². The minimum absolute atomic E-state index is 0.295. The Labute approximate surface area is 123 Å². The van der Waals surface area contributed by atoms with E-state index < -0.39 is 11.9 Å². The lowest BCUT2D eigenvalue weighted by atomic mass is 10.1. The molecule has 0 aliphatic heterocycles. The van der Waals surface area contributed by atoms with Gasteiger partial charge in [0.25, 0.3) is 0 Å². The molecule has 0 aliphatic rings. The molecular formula is C17H16FNO2. The number of aliphatic hydroxyl groups excluding tert-OH is 1. The van der Waals surface area contributed by atoms with E-state index in [1.807, 2.05) is 13.0 Å². The molecule has 3 nitrogen and oxygen atoms in total. The van der Waals surface area contributed by atoms with Crippen LogP contribution in [0.4, 0.5) is 4.39 Å². The van der Waals surface area contributed by atoms with Crippen LogP contribution in [0, 0.1) is 24.1 Å². The number of benzene rings is 2. The Morgan fingerprint density at radius 2 is 2.05 bits per heavy atom. The summed E-state index contributed by atoms with van der Waals surface area (Å²) in [5, 5.41) is 18.5. The molecular weight excluding hydrogens is 269 g/mol. The molecule has 0 aliphatic carbocycles. The molecule has 0 bridgehead atoms. The molecule has 21 heavy (non-hydrogen) atoms. The molecule has 0 heterocycles. The zero-order chi connectivity index (χ0) is 15.4. The minimum Gasteiger partial charge on any atom is -0.489 e. The first-order valence-electron chi connectivity index (χ1n) is 6.61. The SMILES string of the molecule is Cc1cc(C#N)ccc1COc1ccc(F)cc1C(C)O. The number of rotatable bonds is 4. The van der Waals surface area contributed by atoms with Crippen molar-refractivity contribution in [1.82, 2.24) is 0 Å². The van der Waals surface area contributed by atoms with Gasteiger partial charge in [0.15, 0.2) is 0 Å². The smallest absolute Gasteiger partial charge is 0.125 e. The van der Waals surface area contributed by atoms with Crippen LogP contribution in [0.2, 0.25) is 0 Å². The average Bonchev–Trinajstić information content (AvgIpc) is 2.46. The molecule has 0 spiro atoms. The third-order valence-corrected chi connectivity index (χ3v) is 3.28. The monoisotopic (exact) mass is 285 g/mol. The Hall–Kier alpha value is -2.38. The molecule has 1 N–H and O–H groups in total. The van der Waals surface area contributed by atoms with Crippen molar-refractivity contribution in [3.8, 4) is 11.8 Å². The highest BCUT2D eigenvalue weighted by Gasteiger charge is 2.11. The van der Waals surface area contributed by atoms with Crippen LogP contribution in [-0.4, -0.2) is 5.11 Å². The van der Waals surface area contributed by atoms with E-state index >= 15 is 0 Å². The quantitative estimate of drug-likeness (QED) is 0.933. The lowest BCUT2D eigenvalue weighted by Gasteiger charge is -2.14. The maximum Gasteiger partial charge on any atom is 0.125 e. The molecule has 1 atom stereocenters. The van der Waals surface area contributed by atoms with Gasteiger partial charge in [-0.1, -0.05) is 6.07 Å². The van der Waals surface area contributed by atoms with Crippen molar-refractivity contribution in [3.05, 3.63) is 64.5 Å². The maximum absolute atomic E-state index is 13.2. The van der Waals surface area contributed by atoms with Crippen molar-refractivity contribution in [2.45, 2.75) is 26.6 Å². The number of nitrogens with zero attached hydrogens (tertiary/aromatic N) is 1. The van der Waals surface area contributed by atoms with Gasteiger partial charge in [-0.25, -0.2) is 4.39 Å². The molecule has 0 radical (unpaired) electrons. The minimum atomic E-state index is -0.808. The Bertz CT molecular complexity index is 690. The van der Waals surface area contributed by atoms with Crippen molar-refractivity contribution in [2.75, 3.05) is 0 Å². The summed E-state index contributed by atoms with van der Waals surface area (Å²) in [5.74, 6) is 0.0444. The van der Waals surface area contributed by atoms with Crippen molar-refractivity contribution < 1.29 is 14.2 Å². The molecule has 0 fully saturated rings. The van der Waals surface area contributed by atoms with E-state index in [-0.39, 0.29) is 0 Å². The normalized spacial score (nSPS) is 11.8. The summed E-state index contributed by atoms with van der Waals surface area (Å²) in [6, 6.07) is 11.5. The first-order chi connectivity index (χ1) is 10.0. The van der Waals surface area contributed by atoms with E-state index in [4.69, 9.17) is 10.00 Å². The fourth-order valence-electron chi connectivity index (χ4n) is 2.06. The summed E-state index contributed by atoms with van der Waals surface area (Å²) >= 11 is 0. The standard InChI is InChI=1S/C17H16FNO2/c1-11-7-13(9-19)3-4-14(11)10-21-17-6-5-15(18)8-16(17)12(2)20/h3-8,12,20H,10H2,1-2H3. The lowest BCUT2D eigenvalue weighted by molar-refractivity contribution is 0.189. The molecule has 0 saturated heterocycles. The van der Waals surface area contributed by atoms with Crippen LogP contribution in [0.3, 0.4) is 0 Å². The summed E-state index contributed by atoms with van der Waals surface area (Å²) in [6.45, 7) is 3.76. The number of hydrogen-bond acceptors (Lipinski definition) is 3. The molecule has 2 rings (SSSR count). The van der Waals surface area contributed by atoms with Crippen molar-refractivity contribution in [2.24, 2.45) is 0 Å². The third-order valence-electron chi connectivity index (χ3n) is 3.28. The van der Waals surface area contributed by atoms with Crippen LogP contribution >= 0.6 is 0 Å². The van der Waals surface area contributed by atoms with Gasteiger partial charge in [-0.15, -0.1) is 0 Å². The van der Waals surface area contributed by atoms with Gasteiger partial charge in [-0.3, -0.25) is 0 Å². The van der Waals surface area contributed by atoms with Gasteiger partial charge in [0.05, 0.1) is 17.7 Å². The van der Waals surface area contributed by atoms with Gasteiger partial charge >= 0.3 is 0 Å². The molecule has 2 aromatic rings. The molecule has 0 saturated carbocycles. The molecule has 108 valence electrons. The van der Waals surface area contributed by atoms with E-state index in [0.29, 0.717) is 23.5 Å². The number of halogens is 1. The Kier molecular flexibility index (Phi) is 4.56. The van der Waals surface area contributed by atoms with Crippen LogP contribution in [0.15, 0.2) is 36.4 Å².